The topological polar surface area (TPSA) is 18.5 Å². The predicted octanol–water partition coefficient (Wildman–Crippen LogP) is 2.13. The first-order chi connectivity index (χ1) is 8.74. The Labute approximate surface area is 119 Å². The summed E-state index contributed by atoms with van der Waals surface area (Å²) in [6.07, 6.45) is 1.23. The first-order valence-electron chi connectivity index (χ1n) is 6.60. The molecule has 2 heterocycles. The zero-order valence-electron chi connectivity index (χ0n) is 11.0. The van der Waals surface area contributed by atoms with E-state index >= 15 is 0 Å². The van der Waals surface area contributed by atoms with Gasteiger partial charge in [0.2, 0.25) is 0 Å². The second-order valence-corrected chi connectivity index (χ2v) is 6.68. The van der Waals surface area contributed by atoms with E-state index in [1.807, 2.05) is 6.07 Å². The number of nitrogens with one attached hydrogen (secondary N) is 1. The van der Waals surface area contributed by atoms with E-state index in [0.717, 1.165) is 17.4 Å². The smallest absolute Gasteiger partial charge is 0.0931 e. The van der Waals surface area contributed by atoms with Gasteiger partial charge in [0, 0.05) is 37.6 Å². The number of nitrogens with zero attached hydrogens (tertiary/aromatic N) is 2. The van der Waals surface area contributed by atoms with Crippen LogP contribution in [-0.2, 0) is 6.54 Å². The molecule has 2 rings (SSSR count). The number of thiophene rings is 1. The molecule has 0 bridgehead atoms. The molecule has 1 aliphatic rings. The molecule has 5 heteroatoms. The van der Waals surface area contributed by atoms with Crippen LogP contribution >= 0.6 is 22.9 Å². The summed E-state index contributed by atoms with van der Waals surface area (Å²) in [5.74, 6) is 0. The van der Waals surface area contributed by atoms with Crippen LogP contribution in [0, 0.1) is 0 Å². The van der Waals surface area contributed by atoms with Gasteiger partial charge in [-0.05, 0) is 38.7 Å². The van der Waals surface area contributed by atoms with E-state index in [1.54, 1.807) is 11.3 Å². The van der Waals surface area contributed by atoms with Gasteiger partial charge >= 0.3 is 0 Å². The largest absolute Gasteiger partial charge is 0.312 e. The van der Waals surface area contributed by atoms with Crippen LogP contribution in [0.2, 0.25) is 4.34 Å². The van der Waals surface area contributed by atoms with Crippen molar-refractivity contribution in [2.45, 2.75) is 13.0 Å². The second kappa shape index (κ2) is 7.46. The summed E-state index contributed by atoms with van der Waals surface area (Å²) in [7, 11) is 2.20. The van der Waals surface area contributed by atoms with Crippen LogP contribution in [0.15, 0.2) is 12.1 Å². The Morgan fingerprint density at radius 2 is 2.06 bits per heavy atom. The molecule has 0 unspecified atom stereocenters. The average molecular weight is 288 g/mol. The Balaban J connectivity index is 1.51. The molecule has 102 valence electrons. The molecule has 0 aromatic carbocycles. The third-order valence-corrected chi connectivity index (χ3v) is 4.58. The van der Waals surface area contributed by atoms with Gasteiger partial charge in [-0.25, -0.2) is 0 Å². The summed E-state index contributed by atoms with van der Waals surface area (Å²) >= 11 is 7.55. The summed E-state index contributed by atoms with van der Waals surface area (Å²) in [4.78, 5) is 6.28. The fourth-order valence-corrected chi connectivity index (χ4v) is 3.21. The molecule has 0 radical (unpaired) electrons. The van der Waals surface area contributed by atoms with E-state index in [0.29, 0.717) is 0 Å². The number of likely N-dealkylation sites (N-methyl/N-ethyl adjacent to an activating group) is 1. The molecule has 18 heavy (non-hydrogen) atoms. The number of hydrogen-bond donors (Lipinski definition) is 1. The van der Waals surface area contributed by atoms with Gasteiger partial charge in [-0.2, -0.15) is 0 Å². The van der Waals surface area contributed by atoms with Gasteiger partial charge in [0.15, 0.2) is 0 Å². The minimum absolute atomic E-state index is 0.879. The van der Waals surface area contributed by atoms with Crippen molar-refractivity contribution in [3.8, 4) is 0 Å². The third-order valence-electron chi connectivity index (χ3n) is 3.35. The van der Waals surface area contributed by atoms with Crippen LogP contribution in [-0.4, -0.2) is 56.1 Å². The molecule has 0 amide bonds. The highest BCUT2D eigenvalue weighted by molar-refractivity contribution is 7.16. The Morgan fingerprint density at radius 3 is 2.72 bits per heavy atom. The fourth-order valence-electron chi connectivity index (χ4n) is 2.16. The van der Waals surface area contributed by atoms with Crippen LogP contribution in [0.3, 0.4) is 0 Å². The predicted molar refractivity (Wildman–Crippen MR) is 79.6 cm³/mol. The lowest BCUT2D eigenvalue weighted by molar-refractivity contribution is 0.153. The lowest BCUT2D eigenvalue weighted by Gasteiger charge is -2.32. The molecule has 1 saturated heterocycles. The molecular formula is C13H22ClN3S. The number of piperazine rings is 1. The molecule has 0 atom stereocenters. The first kappa shape index (κ1) is 14.3. The van der Waals surface area contributed by atoms with E-state index in [4.69, 9.17) is 11.6 Å². The molecule has 0 aliphatic carbocycles. The van der Waals surface area contributed by atoms with Gasteiger partial charge in [-0.3, -0.25) is 0 Å². The molecular weight excluding hydrogens is 266 g/mol. The maximum absolute atomic E-state index is 5.89. The molecule has 0 spiro atoms. The van der Waals surface area contributed by atoms with Gasteiger partial charge in [0.05, 0.1) is 4.34 Å². The van der Waals surface area contributed by atoms with Crippen LogP contribution in [0.5, 0.6) is 0 Å². The van der Waals surface area contributed by atoms with Gasteiger partial charge in [-0.15, -0.1) is 11.3 Å². The molecule has 1 aromatic rings. The lowest BCUT2D eigenvalue weighted by Crippen LogP contribution is -2.45. The van der Waals surface area contributed by atoms with Crippen molar-refractivity contribution in [1.29, 1.82) is 0 Å². The van der Waals surface area contributed by atoms with Gasteiger partial charge < -0.3 is 15.1 Å². The first-order valence-corrected chi connectivity index (χ1v) is 7.79. The van der Waals surface area contributed by atoms with Crippen molar-refractivity contribution in [2.75, 3.05) is 46.3 Å². The number of rotatable bonds is 6. The lowest BCUT2D eigenvalue weighted by atomic mass is 10.3. The van der Waals surface area contributed by atoms with Crippen molar-refractivity contribution in [3.05, 3.63) is 21.3 Å². The van der Waals surface area contributed by atoms with Crippen LogP contribution in [0.1, 0.15) is 11.3 Å². The van der Waals surface area contributed by atoms with E-state index in [-0.39, 0.29) is 0 Å². The third kappa shape index (κ3) is 4.86. The Bertz CT molecular complexity index is 348. The Morgan fingerprint density at radius 1 is 1.28 bits per heavy atom. The monoisotopic (exact) mass is 287 g/mol. The summed E-state index contributed by atoms with van der Waals surface area (Å²) < 4.78 is 0.879. The zero-order chi connectivity index (χ0) is 12.8. The van der Waals surface area contributed by atoms with Crippen molar-refractivity contribution < 1.29 is 0 Å². The highest BCUT2D eigenvalue weighted by Gasteiger charge is 2.12. The SMILES string of the molecule is CN1CCN(CCCNCc2ccc(Cl)s2)CC1. The van der Waals surface area contributed by atoms with E-state index in [2.05, 4.69) is 28.2 Å². The van der Waals surface area contributed by atoms with Crippen molar-refractivity contribution in [2.24, 2.45) is 0 Å². The quantitative estimate of drug-likeness (QED) is 0.809. The molecule has 1 N–H and O–H groups in total. The second-order valence-electron chi connectivity index (χ2n) is 4.88. The molecule has 1 fully saturated rings. The van der Waals surface area contributed by atoms with E-state index in [9.17, 15) is 0 Å². The van der Waals surface area contributed by atoms with Crippen LogP contribution in [0.4, 0.5) is 0 Å². The van der Waals surface area contributed by atoms with Gasteiger partial charge in [-0.1, -0.05) is 11.6 Å². The molecule has 0 saturated carbocycles. The summed E-state index contributed by atoms with van der Waals surface area (Å²) in [5, 5.41) is 3.48. The maximum atomic E-state index is 5.89. The standard InChI is InChI=1S/C13H22ClN3S/c1-16-7-9-17(10-8-16)6-2-5-15-11-12-3-4-13(14)18-12/h3-4,15H,2,5-11H2,1H3. The summed E-state index contributed by atoms with van der Waals surface area (Å²) in [5.41, 5.74) is 0. The number of halogens is 1. The van der Waals surface area contributed by atoms with Crippen molar-refractivity contribution >= 4 is 22.9 Å². The highest BCUT2D eigenvalue weighted by atomic mass is 35.5. The molecule has 1 aliphatic heterocycles. The average Bonchev–Trinajstić information content (AvgIpc) is 2.77. The van der Waals surface area contributed by atoms with Crippen LogP contribution < -0.4 is 5.32 Å². The number of hydrogen-bond acceptors (Lipinski definition) is 4. The van der Waals surface area contributed by atoms with Crippen molar-refractivity contribution in [3.63, 3.8) is 0 Å². The minimum Gasteiger partial charge on any atom is -0.312 e. The van der Waals surface area contributed by atoms with E-state index < -0.39 is 0 Å². The highest BCUT2D eigenvalue weighted by Crippen LogP contribution is 2.20. The minimum atomic E-state index is 0.879. The van der Waals surface area contributed by atoms with Gasteiger partial charge in [0.1, 0.15) is 0 Å². The normalized spacial score (nSPS) is 18.3. The molecule has 3 nitrogen and oxygen atoms in total. The fraction of sp³-hybridized carbons (Fsp3) is 0.692. The maximum Gasteiger partial charge on any atom is 0.0931 e. The van der Waals surface area contributed by atoms with Gasteiger partial charge in [0.25, 0.3) is 0 Å². The summed E-state index contributed by atoms with van der Waals surface area (Å²) in [6.45, 7) is 8.10. The van der Waals surface area contributed by atoms with Crippen molar-refractivity contribution in [1.82, 2.24) is 15.1 Å². The van der Waals surface area contributed by atoms with Crippen LogP contribution in [0.25, 0.3) is 0 Å². The zero-order valence-corrected chi connectivity index (χ0v) is 12.6. The molecule has 1 aromatic heterocycles. The van der Waals surface area contributed by atoms with E-state index in [1.165, 1.54) is 44.0 Å². The Kier molecular flexibility index (Phi) is 5.92. The summed E-state index contributed by atoms with van der Waals surface area (Å²) in [6, 6.07) is 4.06. The Hall–Kier alpha value is -0.130.